The number of likely N-dealkylation sites (tertiary alicyclic amines) is 1. The van der Waals surface area contributed by atoms with Crippen molar-refractivity contribution < 1.29 is 14.3 Å². The molecule has 36 heavy (non-hydrogen) atoms. The van der Waals surface area contributed by atoms with Crippen LogP contribution >= 0.6 is 12.4 Å². The SMILES string of the molecule is Cc1cc2[nH]c(=O)c3cnn(C4CCOCC4)c3c2cc1C(=O)N1CCC(Oc2ccncc2)C1.Cl. The van der Waals surface area contributed by atoms with Gasteiger partial charge in [-0.15, -0.1) is 12.4 Å². The summed E-state index contributed by atoms with van der Waals surface area (Å²) < 4.78 is 13.5. The van der Waals surface area contributed by atoms with E-state index in [0.717, 1.165) is 41.5 Å². The quantitative estimate of drug-likeness (QED) is 0.450. The Morgan fingerprint density at radius 3 is 2.69 bits per heavy atom. The summed E-state index contributed by atoms with van der Waals surface area (Å²) in [7, 11) is 0. The Kier molecular flexibility index (Phi) is 6.68. The molecule has 2 aliphatic heterocycles. The number of nitrogens with zero attached hydrogens (tertiary/aromatic N) is 4. The lowest BCUT2D eigenvalue weighted by Crippen LogP contribution is -2.31. The van der Waals surface area contributed by atoms with Gasteiger partial charge in [-0.2, -0.15) is 5.10 Å². The van der Waals surface area contributed by atoms with Crippen molar-refractivity contribution in [3.63, 3.8) is 0 Å². The Morgan fingerprint density at radius 1 is 1.14 bits per heavy atom. The molecule has 6 rings (SSSR count). The number of carbonyl (C=O) groups is 1. The van der Waals surface area contributed by atoms with Crippen LogP contribution in [0, 0.1) is 6.92 Å². The average Bonchev–Trinajstić information content (AvgIpc) is 3.53. The van der Waals surface area contributed by atoms with Crippen molar-refractivity contribution in [2.75, 3.05) is 26.3 Å². The maximum atomic E-state index is 13.6. The molecular formula is C26H28ClN5O4. The minimum absolute atomic E-state index is 0. The van der Waals surface area contributed by atoms with Crippen LogP contribution in [-0.4, -0.2) is 63.0 Å². The zero-order valence-electron chi connectivity index (χ0n) is 20.0. The zero-order chi connectivity index (χ0) is 23.9. The van der Waals surface area contributed by atoms with Gasteiger partial charge < -0.3 is 19.4 Å². The van der Waals surface area contributed by atoms with Gasteiger partial charge in [-0.3, -0.25) is 19.3 Å². The fourth-order valence-corrected chi connectivity index (χ4v) is 5.22. The second-order valence-corrected chi connectivity index (χ2v) is 9.32. The summed E-state index contributed by atoms with van der Waals surface area (Å²) in [5, 5.41) is 5.95. The molecule has 5 heterocycles. The fourth-order valence-electron chi connectivity index (χ4n) is 5.22. The summed E-state index contributed by atoms with van der Waals surface area (Å²) in [6, 6.07) is 7.62. The van der Waals surface area contributed by atoms with Gasteiger partial charge >= 0.3 is 0 Å². The minimum Gasteiger partial charge on any atom is -0.488 e. The lowest BCUT2D eigenvalue weighted by atomic mass is 10.0. The molecule has 1 atom stereocenters. The molecule has 1 aromatic carbocycles. The highest BCUT2D eigenvalue weighted by Gasteiger charge is 2.30. The van der Waals surface area contributed by atoms with E-state index in [1.54, 1.807) is 18.6 Å². The Morgan fingerprint density at radius 2 is 1.92 bits per heavy atom. The molecule has 0 saturated carbocycles. The van der Waals surface area contributed by atoms with E-state index in [4.69, 9.17) is 9.47 Å². The van der Waals surface area contributed by atoms with E-state index in [9.17, 15) is 9.59 Å². The number of carbonyl (C=O) groups excluding carboxylic acids is 1. The molecular weight excluding hydrogens is 482 g/mol. The lowest BCUT2D eigenvalue weighted by Gasteiger charge is -2.23. The second kappa shape index (κ2) is 9.91. The third kappa shape index (κ3) is 4.33. The number of aryl methyl sites for hydroxylation is 1. The number of nitrogens with one attached hydrogen (secondary N) is 1. The van der Waals surface area contributed by atoms with Crippen molar-refractivity contribution in [2.45, 2.75) is 38.3 Å². The molecule has 0 radical (unpaired) electrons. The molecule has 2 aliphatic rings. The molecule has 2 saturated heterocycles. The van der Waals surface area contributed by atoms with Crippen molar-refractivity contribution in [3.8, 4) is 5.75 Å². The van der Waals surface area contributed by atoms with E-state index in [2.05, 4.69) is 15.1 Å². The standard InChI is InChI=1S/C26H27N5O4.ClH/c1-16-12-23-21(24-22(25(32)29-23)14-28-31(24)17-5-10-34-11-6-17)13-20(16)26(33)30-9-4-19(15-30)35-18-2-7-27-8-3-18;/h2-3,7-8,12-14,17,19H,4-6,9-11,15H2,1H3,(H,29,32);1H. The highest BCUT2D eigenvalue weighted by molar-refractivity contribution is 6.07. The van der Waals surface area contributed by atoms with E-state index in [1.165, 1.54) is 0 Å². The first-order valence-electron chi connectivity index (χ1n) is 12.1. The van der Waals surface area contributed by atoms with Crippen molar-refractivity contribution in [1.82, 2.24) is 24.6 Å². The number of hydrogen-bond acceptors (Lipinski definition) is 6. The Labute approximate surface area is 213 Å². The van der Waals surface area contributed by atoms with E-state index in [1.807, 2.05) is 40.8 Å². The van der Waals surface area contributed by atoms with Crippen LogP contribution in [-0.2, 0) is 4.74 Å². The smallest absolute Gasteiger partial charge is 0.259 e. The molecule has 0 aliphatic carbocycles. The number of rotatable bonds is 4. The van der Waals surface area contributed by atoms with Crippen LogP contribution in [0.4, 0.5) is 0 Å². The van der Waals surface area contributed by atoms with Crippen LogP contribution in [0.3, 0.4) is 0 Å². The molecule has 1 amide bonds. The molecule has 9 nitrogen and oxygen atoms in total. The van der Waals surface area contributed by atoms with Gasteiger partial charge in [0.1, 0.15) is 11.9 Å². The number of ether oxygens (including phenoxy) is 2. The number of hydrogen-bond donors (Lipinski definition) is 1. The summed E-state index contributed by atoms with van der Waals surface area (Å²) in [6.07, 6.45) is 7.43. The van der Waals surface area contributed by atoms with E-state index < -0.39 is 0 Å². The first-order chi connectivity index (χ1) is 17.1. The predicted octanol–water partition coefficient (Wildman–Crippen LogP) is 3.65. The topological polar surface area (TPSA) is 102 Å². The third-order valence-electron chi connectivity index (χ3n) is 7.06. The lowest BCUT2D eigenvalue weighted by molar-refractivity contribution is 0.0675. The van der Waals surface area contributed by atoms with E-state index in [0.29, 0.717) is 42.8 Å². The molecule has 0 bridgehead atoms. The number of fused-ring (bicyclic) bond motifs is 3. The van der Waals surface area contributed by atoms with E-state index >= 15 is 0 Å². The Bertz CT molecular complexity index is 1460. The molecule has 1 N–H and O–H groups in total. The monoisotopic (exact) mass is 509 g/mol. The summed E-state index contributed by atoms with van der Waals surface area (Å²) in [5.74, 6) is 0.732. The predicted molar refractivity (Wildman–Crippen MR) is 138 cm³/mol. The Hall–Kier alpha value is -3.43. The van der Waals surface area contributed by atoms with Gasteiger partial charge in [0.05, 0.1) is 35.2 Å². The maximum Gasteiger partial charge on any atom is 0.259 e. The largest absolute Gasteiger partial charge is 0.488 e. The molecule has 4 aromatic rings. The molecule has 10 heteroatoms. The van der Waals surface area contributed by atoms with E-state index in [-0.39, 0.29) is 36.0 Å². The molecule has 188 valence electrons. The number of amides is 1. The average molecular weight is 510 g/mol. The summed E-state index contributed by atoms with van der Waals surface area (Å²) in [5.41, 5.74) is 2.79. The number of aromatic amines is 1. The first kappa shape index (κ1) is 24.3. The second-order valence-electron chi connectivity index (χ2n) is 9.32. The van der Waals surface area contributed by atoms with Crippen LogP contribution in [0.1, 0.15) is 41.2 Å². The van der Waals surface area contributed by atoms with Gasteiger partial charge in [-0.25, -0.2) is 0 Å². The van der Waals surface area contributed by atoms with Crippen LogP contribution in [0.25, 0.3) is 21.8 Å². The zero-order valence-corrected chi connectivity index (χ0v) is 20.8. The maximum absolute atomic E-state index is 13.6. The molecule has 0 spiro atoms. The number of benzene rings is 1. The van der Waals surface area contributed by atoms with Crippen molar-refractivity contribution in [2.24, 2.45) is 0 Å². The molecule has 3 aromatic heterocycles. The minimum atomic E-state index is -0.167. The highest BCUT2D eigenvalue weighted by atomic mass is 35.5. The first-order valence-corrected chi connectivity index (χ1v) is 12.1. The van der Waals surface area contributed by atoms with Gasteiger partial charge in [0, 0.05) is 49.5 Å². The van der Waals surface area contributed by atoms with Crippen LogP contribution in [0.5, 0.6) is 5.75 Å². The summed E-state index contributed by atoms with van der Waals surface area (Å²) in [6.45, 7) is 4.42. The van der Waals surface area contributed by atoms with Gasteiger partial charge in [-0.05, 0) is 49.6 Å². The van der Waals surface area contributed by atoms with Gasteiger partial charge in [0.25, 0.3) is 11.5 Å². The van der Waals surface area contributed by atoms with Crippen LogP contribution < -0.4 is 10.3 Å². The number of halogens is 1. The molecule has 1 unspecified atom stereocenters. The fraction of sp³-hybridized carbons (Fsp3) is 0.385. The highest BCUT2D eigenvalue weighted by Crippen LogP contribution is 2.30. The van der Waals surface area contributed by atoms with Gasteiger partial charge in [-0.1, -0.05) is 0 Å². The van der Waals surface area contributed by atoms with Gasteiger partial charge in [0.15, 0.2) is 0 Å². The number of pyridine rings is 2. The summed E-state index contributed by atoms with van der Waals surface area (Å²) >= 11 is 0. The van der Waals surface area contributed by atoms with Crippen molar-refractivity contribution in [1.29, 1.82) is 0 Å². The van der Waals surface area contributed by atoms with Crippen LogP contribution in [0.2, 0.25) is 0 Å². The van der Waals surface area contributed by atoms with Crippen molar-refractivity contribution >= 4 is 40.1 Å². The Balaban J connectivity index is 0.00000267. The van der Waals surface area contributed by atoms with Crippen molar-refractivity contribution in [3.05, 3.63) is 64.3 Å². The van der Waals surface area contributed by atoms with Gasteiger partial charge in [0.2, 0.25) is 0 Å². The third-order valence-corrected chi connectivity index (χ3v) is 7.06. The number of aromatic nitrogens is 4. The molecule has 2 fully saturated rings. The normalized spacial score (nSPS) is 18.5. The summed E-state index contributed by atoms with van der Waals surface area (Å²) in [4.78, 5) is 35.2. The van der Waals surface area contributed by atoms with Crippen LogP contribution in [0.15, 0.2) is 47.7 Å². The number of H-pyrrole nitrogens is 1.